The van der Waals surface area contributed by atoms with Gasteiger partial charge in [0.2, 0.25) is 0 Å². The highest BCUT2D eigenvalue weighted by molar-refractivity contribution is 6.30. The predicted octanol–water partition coefficient (Wildman–Crippen LogP) is 5.04. The third kappa shape index (κ3) is 4.79. The molecule has 1 atom stereocenters. The molecule has 0 spiro atoms. The topological polar surface area (TPSA) is 89.9 Å². The van der Waals surface area contributed by atoms with E-state index in [9.17, 15) is 33.0 Å². The second kappa shape index (κ2) is 9.77. The summed E-state index contributed by atoms with van der Waals surface area (Å²) >= 11 is 5.94. The average molecular weight is 537 g/mol. The number of aliphatic hydroxyl groups excluding tert-OH is 1. The van der Waals surface area contributed by atoms with Crippen molar-refractivity contribution in [3.05, 3.63) is 93.5 Å². The molecule has 0 saturated heterocycles. The maximum Gasteiger partial charge on any atom is 0.284 e. The van der Waals surface area contributed by atoms with E-state index >= 15 is 4.39 Å². The van der Waals surface area contributed by atoms with Crippen LogP contribution in [-0.2, 0) is 5.60 Å². The molecule has 3 aromatic carbocycles. The van der Waals surface area contributed by atoms with E-state index < -0.39 is 65.7 Å². The van der Waals surface area contributed by atoms with Gasteiger partial charge in [-0.2, -0.15) is 0 Å². The lowest BCUT2D eigenvalue weighted by atomic mass is 9.86. The number of anilines is 2. The van der Waals surface area contributed by atoms with Crippen molar-refractivity contribution in [2.75, 3.05) is 23.4 Å². The number of halogens is 5. The number of carbonyl (C=O) groups excluding carboxylic acids is 2. The van der Waals surface area contributed by atoms with Crippen LogP contribution in [0.5, 0.6) is 0 Å². The van der Waals surface area contributed by atoms with Crippen LogP contribution >= 0.6 is 11.6 Å². The molecule has 0 fully saturated rings. The lowest BCUT2D eigenvalue weighted by Gasteiger charge is -2.33. The van der Waals surface area contributed by atoms with Crippen molar-refractivity contribution in [2.24, 2.45) is 0 Å². The largest absolute Gasteiger partial charge is 0.393 e. The van der Waals surface area contributed by atoms with E-state index in [0.717, 1.165) is 29.2 Å². The van der Waals surface area contributed by atoms with E-state index in [1.54, 1.807) is 0 Å². The number of hydrogen-bond donors (Lipinski definition) is 3. The van der Waals surface area contributed by atoms with Gasteiger partial charge in [-0.25, -0.2) is 17.6 Å². The summed E-state index contributed by atoms with van der Waals surface area (Å²) in [6, 6.07) is 10.4. The summed E-state index contributed by atoms with van der Waals surface area (Å²) in [7, 11) is 0. The molecule has 0 saturated carbocycles. The summed E-state index contributed by atoms with van der Waals surface area (Å²) in [5.74, 6) is -6.99. The summed E-state index contributed by atoms with van der Waals surface area (Å²) < 4.78 is 58.1. The molecule has 1 aliphatic rings. The highest BCUT2D eigenvalue weighted by Crippen LogP contribution is 2.47. The van der Waals surface area contributed by atoms with Gasteiger partial charge in [0.1, 0.15) is 11.6 Å². The Morgan fingerprint density at radius 1 is 1.05 bits per heavy atom. The number of alkyl halides is 2. The maximum atomic E-state index is 15.0. The van der Waals surface area contributed by atoms with E-state index in [1.165, 1.54) is 37.3 Å². The van der Waals surface area contributed by atoms with E-state index in [0.29, 0.717) is 5.56 Å². The van der Waals surface area contributed by atoms with Crippen molar-refractivity contribution < 1.29 is 37.4 Å². The molecule has 1 aliphatic heterocycles. The Hall–Kier alpha value is -3.47. The molecule has 0 radical (unpaired) electrons. The summed E-state index contributed by atoms with van der Waals surface area (Å²) in [4.78, 5) is 26.7. The van der Waals surface area contributed by atoms with Crippen LogP contribution in [0.2, 0.25) is 5.02 Å². The van der Waals surface area contributed by atoms with Gasteiger partial charge in [0.15, 0.2) is 5.60 Å². The average Bonchev–Trinajstić information content (AvgIpc) is 2.91. The van der Waals surface area contributed by atoms with Crippen molar-refractivity contribution in [1.82, 2.24) is 0 Å². The van der Waals surface area contributed by atoms with Gasteiger partial charge >= 0.3 is 0 Å². The van der Waals surface area contributed by atoms with Crippen molar-refractivity contribution in [2.45, 2.75) is 24.9 Å². The van der Waals surface area contributed by atoms with Crippen LogP contribution < -0.4 is 10.2 Å². The van der Waals surface area contributed by atoms with Gasteiger partial charge in [-0.15, -0.1) is 0 Å². The lowest BCUT2D eigenvalue weighted by molar-refractivity contribution is -0.205. The van der Waals surface area contributed by atoms with Crippen molar-refractivity contribution in [3.8, 4) is 0 Å². The number of rotatable bonds is 4. The van der Waals surface area contributed by atoms with Gasteiger partial charge in [0, 0.05) is 34.8 Å². The van der Waals surface area contributed by atoms with E-state index in [1.807, 2.05) is 0 Å². The number of benzene rings is 3. The first-order chi connectivity index (χ1) is 17.4. The second-order valence-corrected chi connectivity index (χ2v) is 9.14. The minimum absolute atomic E-state index is 0.00649. The highest BCUT2D eigenvalue weighted by atomic mass is 35.5. The molecule has 0 aromatic heterocycles. The molecular formula is C26H21ClF4N2O4. The van der Waals surface area contributed by atoms with Crippen LogP contribution in [0, 0.1) is 18.6 Å². The van der Waals surface area contributed by atoms with Gasteiger partial charge in [-0.3, -0.25) is 9.59 Å². The minimum atomic E-state index is -3.83. The Morgan fingerprint density at radius 3 is 2.41 bits per heavy atom. The lowest BCUT2D eigenvalue weighted by Crippen LogP contribution is -2.48. The molecule has 0 unspecified atom stereocenters. The van der Waals surface area contributed by atoms with Crippen LogP contribution in [0.4, 0.5) is 28.9 Å². The zero-order chi connectivity index (χ0) is 27.1. The molecule has 0 aliphatic carbocycles. The molecule has 0 bridgehead atoms. The maximum absolute atomic E-state index is 15.0. The number of hydrogen-bond acceptors (Lipinski definition) is 4. The molecule has 1 heterocycles. The number of amides is 2. The number of carbonyl (C=O) groups is 2. The van der Waals surface area contributed by atoms with E-state index in [2.05, 4.69) is 5.32 Å². The van der Waals surface area contributed by atoms with Gasteiger partial charge in [-0.1, -0.05) is 11.6 Å². The van der Waals surface area contributed by atoms with Crippen LogP contribution in [0.1, 0.15) is 38.3 Å². The zero-order valence-electron chi connectivity index (χ0n) is 19.4. The SMILES string of the molecule is Cc1cc(F)ccc1C(=O)Nc1ccc(C(=O)N2CCC(F)(F)[C@](O)(CO)c3cc(Cl)ccc32)c(F)c1. The first kappa shape index (κ1) is 26.6. The minimum Gasteiger partial charge on any atom is -0.393 e. The molecule has 6 nitrogen and oxygen atoms in total. The second-order valence-electron chi connectivity index (χ2n) is 8.70. The molecule has 3 aromatic rings. The van der Waals surface area contributed by atoms with Crippen LogP contribution in [0.15, 0.2) is 54.6 Å². The van der Waals surface area contributed by atoms with Crippen molar-refractivity contribution >= 4 is 34.8 Å². The number of aliphatic hydroxyl groups is 2. The molecule has 37 heavy (non-hydrogen) atoms. The van der Waals surface area contributed by atoms with Gasteiger partial charge in [0.25, 0.3) is 17.7 Å². The van der Waals surface area contributed by atoms with Crippen molar-refractivity contribution in [3.63, 3.8) is 0 Å². The third-order valence-electron chi connectivity index (χ3n) is 6.31. The Morgan fingerprint density at radius 2 is 1.76 bits per heavy atom. The Bertz CT molecular complexity index is 1400. The molecular weight excluding hydrogens is 516 g/mol. The standard InChI is InChI=1S/C26H21ClF4N2O4/c1-14-10-16(28)3-5-18(14)23(35)32-17-4-6-19(21(29)12-17)24(36)33-9-8-26(30,31)25(37,13-34)20-11-15(27)2-7-22(20)33/h2-7,10-12,34,37H,8-9,13H2,1H3,(H,32,35)/t25-/m0/s1. The first-order valence-electron chi connectivity index (χ1n) is 11.1. The molecule has 194 valence electrons. The third-order valence-corrected chi connectivity index (χ3v) is 6.55. The Kier molecular flexibility index (Phi) is 7.02. The quantitative estimate of drug-likeness (QED) is 0.407. The van der Waals surface area contributed by atoms with Crippen molar-refractivity contribution in [1.29, 1.82) is 0 Å². The number of fused-ring (bicyclic) bond motifs is 1. The number of nitrogens with zero attached hydrogens (tertiary/aromatic N) is 1. The normalized spacial score (nSPS) is 18.6. The molecule has 2 amide bonds. The van der Waals surface area contributed by atoms with Crippen LogP contribution in [0.3, 0.4) is 0 Å². The van der Waals surface area contributed by atoms with E-state index in [4.69, 9.17) is 11.6 Å². The molecule has 11 heteroatoms. The summed E-state index contributed by atoms with van der Waals surface area (Å²) in [6.07, 6.45) is -1.02. The fourth-order valence-electron chi connectivity index (χ4n) is 4.26. The summed E-state index contributed by atoms with van der Waals surface area (Å²) in [5, 5.41) is 22.8. The number of nitrogens with one attached hydrogen (secondary N) is 1. The summed E-state index contributed by atoms with van der Waals surface area (Å²) in [5.41, 5.74) is -3.60. The predicted molar refractivity (Wildman–Crippen MR) is 129 cm³/mol. The zero-order valence-corrected chi connectivity index (χ0v) is 20.1. The smallest absolute Gasteiger partial charge is 0.284 e. The molecule has 4 rings (SSSR count). The fraction of sp³-hybridized carbons (Fsp3) is 0.231. The van der Waals surface area contributed by atoms with Crippen LogP contribution in [0.25, 0.3) is 0 Å². The van der Waals surface area contributed by atoms with Crippen LogP contribution in [-0.4, -0.2) is 41.1 Å². The Labute approximate surface area is 214 Å². The molecule has 3 N–H and O–H groups in total. The van der Waals surface area contributed by atoms with Gasteiger partial charge in [0.05, 0.1) is 17.9 Å². The van der Waals surface area contributed by atoms with Gasteiger partial charge in [-0.05, 0) is 67.1 Å². The van der Waals surface area contributed by atoms with E-state index in [-0.39, 0.29) is 22.0 Å². The summed E-state index contributed by atoms with van der Waals surface area (Å²) in [6.45, 7) is -0.399. The monoisotopic (exact) mass is 536 g/mol. The fourth-order valence-corrected chi connectivity index (χ4v) is 4.43. The highest BCUT2D eigenvalue weighted by Gasteiger charge is 2.56. The van der Waals surface area contributed by atoms with Gasteiger partial charge < -0.3 is 20.4 Å². The first-order valence-corrected chi connectivity index (χ1v) is 11.5. The number of aryl methyl sites for hydroxylation is 1. The Balaban J connectivity index is 1.66.